The van der Waals surface area contributed by atoms with Gasteiger partial charge in [0.15, 0.2) is 0 Å². The van der Waals surface area contributed by atoms with Crippen LogP contribution in [-0.2, 0) is 27.3 Å². The summed E-state index contributed by atoms with van der Waals surface area (Å²) in [5.74, 6) is 0.242. The fraction of sp³-hybridized carbons (Fsp3) is 0.600. The second-order valence-electron chi connectivity index (χ2n) is 5.71. The van der Waals surface area contributed by atoms with E-state index in [1.54, 1.807) is 0 Å². The van der Waals surface area contributed by atoms with Crippen molar-refractivity contribution in [2.45, 2.75) is 17.1 Å². The normalized spacial score (nSPS) is 24.7. The Morgan fingerprint density at radius 2 is 2.10 bits per heavy atom. The van der Waals surface area contributed by atoms with Crippen LogP contribution >= 0.6 is 34.2 Å². The van der Waals surface area contributed by atoms with Crippen LogP contribution in [0, 0.1) is 0 Å². The molecule has 2 radical (unpaired) electrons. The number of rotatable bonds is 8. The summed E-state index contributed by atoms with van der Waals surface area (Å²) in [6, 6.07) is 1.36. The lowest BCUT2D eigenvalue weighted by atomic mass is 10.5. The number of ether oxygens (including phenoxy) is 1. The summed E-state index contributed by atoms with van der Waals surface area (Å²) < 4.78 is 77.4. The highest BCUT2D eigenvalue weighted by Crippen LogP contribution is 2.77. The van der Waals surface area contributed by atoms with Gasteiger partial charge in [0.25, 0.3) is 14.8 Å². The molecule has 1 aliphatic heterocycles. The van der Waals surface area contributed by atoms with E-state index in [-0.39, 0.29) is 18.2 Å². The molecule has 12 nitrogen and oxygen atoms in total. The molecule has 2 rings (SSSR count). The molecule has 0 aromatic carbocycles. The van der Waals surface area contributed by atoms with Crippen molar-refractivity contribution >= 4 is 47.6 Å². The summed E-state index contributed by atoms with van der Waals surface area (Å²) in [5.41, 5.74) is 3.83. The van der Waals surface area contributed by atoms with E-state index in [0.717, 1.165) is 16.3 Å². The van der Waals surface area contributed by atoms with Crippen LogP contribution in [0.3, 0.4) is 0 Å². The Labute approximate surface area is 168 Å². The molecule has 162 valence electrons. The van der Waals surface area contributed by atoms with E-state index in [4.69, 9.17) is 27.8 Å². The summed E-state index contributed by atoms with van der Waals surface area (Å²) in [7, 11) is -11.5. The summed E-state index contributed by atoms with van der Waals surface area (Å²) in [4.78, 5) is 32.6. The predicted molar refractivity (Wildman–Crippen MR) is 100 cm³/mol. The highest BCUT2D eigenvalue weighted by molar-refractivity contribution is 8.00. The fourth-order valence-electron chi connectivity index (χ4n) is 2.01. The molecule has 4 N–H and O–H groups in total. The van der Waals surface area contributed by atoms with E-state index >= 15 is 0 Å². The number of nitrogen functional groups attached to an aromatic ring is 1. The Balaban J connectivity index is 1.99. The maximum Gasteiger partial charge on any atom is 0.418 e. The number of aromatic nitrogens is 2. The predicted octanol–water partition coefficient (Wildman–Crippen LogP) is 1.36. The first-order chi connectivity index (χ1) is 13.1. The minimum atomic E-state index is -6.20. The van der Waals surface area contributed by atoms with Crippen LogP contribution in [-0.4, -0.2) is 56.8 Å². The number of nitrogens with zero attached hydrogens (tertiary/aromatic N) is 2. The van der Waals surface area contributed by atoms with Crippen molar-refractivity contribution in [3.8, 4) is 0 Å². The lowest BCUT2D eigenvalue weighted by molar-refractivity contribution is -0.00266. The lowest BCUT2D eigenvalue weighted by Crippen LogP contribution is -2.28. The van der Waals surface area contributed by atoms with Crippen LogP contribution in [0.5, 0.6) is 0 Å². The monoisotopic (exact) mass is 495 g/mol. The molecule has 0 aliphatic carbocycles. The largest absolute Gasteiger partial charge is 0.418 e. The summed E-state index contributed by atoms with van der Waals surface area (Å²) in [6.07, 6.45) is 0.552. The molecule has 0 spiro atoms. The van der Waals surface area contributed by atoms with Crippen molar-refractivity contribution in [2.24, 2.45) is 0 Å². The molecule has 0 saturated carbocycles. The van der Waals surface area contributed by atoms with Gasteiger partial charge in [0, 0.05) is 18.6 Å². The number of nitrogens with two attached hydrogens (primary N) is 1. The van der Waals surface area contributed by atoms with Crippen molar-refractivity contribution in [1.82, 2.24) is 9.55 Å². The number of hydrogen-bond acceptors (Lipinski definition) is 10. The van der Waals surface area contributed by atoms with Gasteiger partial charge in [-0.1, -0.05) is 0 Å². The van der Waals surface area contributed by atoms with Crippen LogP contribution in [0.4, 0.5) is 14.6 Å². The molecule has 1 aromatic rings. The number of halogens is 2. The number of hydrogen-bond donors (Lipinski definition) is 3. The van der Waals surface area contributed by atoms with E-state index in [2.05, 4.69) is 13.8 Å². The van der Waals surface area contributed by atoms with E-state index in [0.29, 0.717) is 0 Å². The SMILES string of the molecule is [B]P(=O)(OC[C@@H]1O[C@H](n2ccc(N)nc2=O)CS1)OP(C)(=O)C(F)(F)P(=O)(O)O. The second-order valence-corrected chi connectivity index (χ2v) is 13.2. The Kier molecular flexibility index (Phi) is 7.27. The highest BCUT2D eigenvalue weighted by atomic mass is 32.2. The quantitative estimate of drug-likeness (QED) is 0.349. The molecule has 2 heterocycles. The third-order valence-electron chi connectivity index (χ3n) is 3.39. The van der Waals surface area contributed by atoms with Crippen molar-refractivity contribution in [2.75, 3.05) is 24.8 Å². The van der Waals surface area contributed by atoms with Gasteiger partial charge >= 0.3 is 18.7 Å². The van der Waals surface area contributed by atoms with Gasteiger partial charge in [-0.15, -0.1) is 11.8 Å². The fourth-order valence-corrected chi connectivity index (χ4v) is 7.99. The zero-order valence-corrected chi connectivity index (χ0v) is 18.0. The van der Waals surface area contributed by atoms with Gasteiger partial charge in [0.2, 0.25) is 7.57 Å². The number of anilines is 1. The van der Waals surface area contributed by atoms with Crippen LogP contribution in [0.2, 0.25) is 0 Å². The van der Waals surface area contributed by atoms with Crippen molar-refractivity contribution in [3.05, 3.63) is 22.7 Å². The molecule has 2 unspecified atom stereocenters. The zero-order valence-electron chi connectivity index (χ0n) is 14.5. The minimum Gasteiger partial charge on any atom is -0.383 e. The number of alkyl halides is 2. The van der Waals surface area contributed by atoms with E-state index in [9.17, 15) is 27.3 Å². The van der Waals surface area contributed by atoms with Gasteiger partial charge in [-0.3, -0.25) is 22.6 Å². The highest BCUT2D eigenvalue weighted by Gasteiger charge is 2.63. The molecule has 1 aromatic heterocycles. The molecule has 1 fully saturated rings. The lowest BCUT2D eigenvalue weighted by Gasteiger charge is -2.27. The summed E-state index contributed by atoms with van der Waals surface area (Å²) in [6.45, 7) is -0.417. The Morgan fingerprint density at radius 1 is 1.48 bits per heavy atom. The average molecular weight is 495 g/mol. The Hall–Kier alpha value is -0.555. The maximum atomic E-state index is 13.6. The molecule has 0 bridgehead atoms. The van der Waals surface area contributed by atoms with Gasteiger partial charge in [0.05, 0.1) is 6.61 Å². The van der Waals surface area contributed by atoms with Crippen molar-refractivity contribution < 1.29 is 45.8 Å². The number of thioether (sulfide) groups is 1. The van der Waals surface area contributed by atoms with Gasteiger partial charge in [0.1, 0.15) is 17.5 Å². The topological polar surface area (TPSA) is 180 Å². The minimum absolute atomic E-state index is 0.00843. The van der Waals surface area contributed by atoms with Crippen LogP contribution in [0.25, 0.3) is 0 Å². The van der Waals surface area contributed by atoms with E-state index in [1.807, 2.05) is 0 Å². The molecule has 19 heteroatoms. The third-order valence-corrected chi connectivity index (χ3v) is 10.7. The van der Waals surface area contributed by atoms with E-state index in [1.165, 1.54) is 12.3 Å². The molecule has 4 atom stereocenters. The molecular formula is C10H15BF2N3O9P3S. The molecule has 1 saturated heterocycles. The first-order valence-corrected chi connectivity index (χ1v) is 13.8. The smallest absolute Gasteiger partial charge is 0.383 e. The molecule has 1 aliphatic rings. The van der Waals surface area contributed by atoms with Gasteiger partial charge in [-0.2, -0.15) is 13.8 Å². The van der Waals surface area contributed by atoms with Gasteiger partial charge in [-0.25, -0.2) is 4.79 Å². The summed E-state index contributed by atoms with van der Waals surface area (Å²) in [5, 5.41) is -5.12. The third kappa shape index (κ3) is 5.78. The molecule has 0 amide bonds. The Morgan fingerprint density at radius 3 is 2.66 bits per heavy atom. The van der Waals surface area contributed by atoms with Gasteiger partial charge < -0.3 is 24.8 Å². The zero-order chi connectivity index (χ0) is 22.3. The van der Waals surface area contributed by atoms with Crippen LogP contribution in [0.15, 0.2) is 17.1 Å². The average Bonchev–Trinajstić information content (AvgIpc) is 2.99. The second kappa shape index (κ2) is 8.53. The van der Waals surface area contributed by atoms with Crippen LogP contribution in [0.1, 0.15) is 6.23 Å². The molecular weight excluding hydrogens is 480 g/mol. The standard InChI is InChI=1S/C10H15BF2N3O9P3S/c1-26(18,10(12,13)27(19,20)21)25-28(11,22)23-4-8-24-7(5-29-8)16-3-2-6(14)15-9(16)17/h2-3,7-8H,4-5H2,1H3,(H2,14,15,17)(H2,19,20,21)/t7-,8+,26?,28?/m0/s1. The maximum absolute atomic E-state index is 13.6. The first-order valence-electron chi connectivity index (χ1n) is 7.43. The Bertz CT molecular complexity index is 975. The van der Waals surface area contributed by atoms with Crippen molar-refractivity contribution in [3.63, 3.8) is 0 Å². The summed E-state index contributed by atoms with van der Waals surface area (Å²) >= 11 is 1.09. The van der Waals surface area contributed by atoms with E-state index < -0.39 is 51.8 Å². The van der Waals surface area contributed by atoms with Crippen LogP contribution < -0.4 is 11.4 Å². The van der Waals surface area contributed by atoms with Crippen molar-refractivity contribution in [1.29, 1.82) is 0 Å². The van der Waals surface area contributed by atoms with Gasteiger partial charge in [-0.05, 0) is 6.07 Å². The molecule has 29 heavy (non-hydrogen) atoms. The first kappa shape index (κ1) is 24.7.